The van der Waals surface area contributed by atoms with Crippen molar-refractivity contribution < 1.29 is 13.6 Å². The summed E-state index contributed by atoms with van der Waals surface area (Å²) < 4.78 is 28.1. The van der Waals surface area contributed by atoms with Gasteiger partial charge in [0.25, 0.3) is 5.56 Å². The van der Waals surface area contributed by atoms with Gasteiger partial charge < -0.3 is 14.8 Å². The minimum absolute atomic E-state index is 0.0126. The monoisotopic (exact) mass is 361 g/mol. The molecule has 1 saturated heterocycles. The molecule has 1 unspecified atom stereocenters. The number of aromatic nitrogens is 1. The first-order valence-electron chi connectivity index (χ1n) is 8.68. The number of nitrogens with zero attached hydrogens (tertiary/aromatic N) is 2. The second-order valence-electron chi connectivity index (χ2n) is 6.42. The third-order valence-corrected chi connectivity index (χ3v) is 4.65. The highest BCUT2D eigenvalue weighted by Crippen LogP contribution is 2.27. The molecule has 2 aromatic rings. The standard InChI is InChI=1S/C19H21F2N3O2/c20-16-7-6-14(12-17(16)21)15-4-3-10-24(13-15)19(26)22-8-11-23-9-2-1-5-18(23)25/h1-2,5-7,9,12,15H,3-4,8,10-11,13H2,(H,22,26). The van der Waals surface area contributed by atoms with E-state index in [0.717, 1.165) is 18.9 Å². The molecule has 1 aromatic carbocycles. The first-order chi connectivity index (χ1) is 12.5. The Kier molecular flexibility index (Phi) is 5.65. The summed E-state index contributed by atoms with van der Waals surface area (Å²) in [7, 11) is 0. The summed E-state index contributed by atoms with van der Waals surface area (Å²) >= 11 is 0. The van der Waals surface area contributed by atoms with Crippen LogP contribution >= 0.6 is 0 Å². The van der Waals surface area contributed by atoms with Crippen molar-refractivity contribution in [3.63, 3.8) is 0 Å². The van der Waals surface area contributed by atoms with E-state index in [9.17, 15) is 18.4 Å². The van der Waals surface area contributed by atoms with Crippen LogP contribution in [-0.4, -0.2) is 35.1 Å². The molecule has 3 rings (SSSR count). The summed E-state index contributed by atoms with van der Waals surface area (Å²) in [6.07, 6.45) is 3.30. The molecule has 2 heterocycles. The van der Waals surface area contributed by atoms with Crippen LogP contribution in [-0.2, 0) is 6.54 Å². The third-order valence-electron chi connectivity index (χ3n) is 4.65. The van der Waals surface area contributed by atoms with E-state index in [-0.39, 0.29) is 17.5 Å². The fourth-order valence-electron chi connectivity index (χ4n) is 3.24. The van der Waals surface area contributed by atoms with Crippen LogP contribution in [0.25, 0.3) is 0 Å². The molecule has 0 spiro atoms. The SMILES string of the molecule is O=C(NCCn1ccccc1=O)N1CCCC(c2ccc(F)c(F)c2)C1. The Bertz CT molecular complexity index is 838. The van der Waals surface area contributed by atoms with E-state index in [1.807, 2.05) is 0 Å². The number of rotatable bonds is 4. The molecule has 1 aliphatic rings. The second kappa shape index (κ2) is 8.12. The Labute approximate surface area is 150 Å². The summed E-state index contributed by atoms with van der Waals surface area (Å²) in [6.45, 7) is 1.82. The highest BCUT2D eigenvalue weighted by Gasteiger charge is 2.25. The van der Waals surface area contributed by atoms with Gasteiger partial charge in [0.1, 0.15) is 0 Å². The first-order valence-corrected chi connectivity index (χ1v) is 8.68. The van der Waals surface area contributed by atoms with E-state index in [0.29, 0.717) is 31.7 Å². The normalized spacial score (nSPS) is 17.2. The highest BCUT2D eigenvalue weighted by molar-refractivity contribution is 5.74. The van der Waals surface area contributed by atoms with Crippen LogP contribution in [0.4, 0.5) is 13.6 Å². The summed E-state index contributed by atoms with van der Waals surface area (Å²) in [6, 6.07) is 8.61. The van der Waals surface area contributed by atoms with Gasteiger partial charge in [-0.1, -0.05) is 12.1 Å². The van der Waals surface area contributed by atoms with Crippen LogP contribution in [0.15, 0.2) is 47.4 Å². The van der Waals surface area contributed by atoms with Gasteiger partial charge in [-0.3, -0.25) is 4.79 Å². The Morgan fingerprint density at radius 1 is 1.19 bits per heavy atom. The van der Waals surface area contributed by atoms with Crippen molar-refractivity contribution in [1.29, 1.82) is 0 Å². The zero-order chi connectivity index (χ0) is 18.5. The Hall–Kier alpha value is -2.70. The third kappa shape index (κ3) is 4.28. The van der Waals surface area contributed by atoms with E-state index >= 15 is 0 Å². The molecule has 0 bridgehead atoms. The summed E-state index contributed by atoms with van der Waals surface area (Å²) in [5, 5.41) is 2.81. The zero-order valence-electron chi connectivity index (χ0n) is 14.3. The topological polar surface area (TPSA) is 54.3 Å². The van der Waals surface area contributed by atoms with Crippen molar-refractivity contribution in [3.8, 4) is 0 Å². The Morgan fingerprint density at radius 3 is 2.81 bits per heavy atom. The van der Waals surface area contributed by atoms with E-state index in [2.05, 4.69) is 5.32 Å². The number of halogens is 2. The van der Waals surface area contributed by atoms with Crippen LogP contribution in [0, 0.1) is 11.6 Å². The van der Waals surface area contributed by atoms with Crippen LogP contribution in [0.2, 0.25) is 0 Å². The number of piperidine rings is 1. The predicted molar refractivity (Wildman–Crippen MR) is 94.0 cm³/mol. The van der Waals surface area contributed by atoms with Crippen LogP contribution in [0.3, 0.4) is 0 Å². The van der Waals surface area contributed by atoms with Gasteiger partial charge in [0.05, 0.1) is 0 Å². The quantitative estimate of drug-likeness (QED) is 0.910. The molecule has 7 heteroatoms. The van der Waals surface area contributed by atoms with Gasteiger partial charge in [-0.25, -0.2) is 13.6 Å². The number of carbonyl (C=O) groups excluding carboxylic acids is 1. The average Bonchev–Trinajstić information content (AvgIpc) is 2.65. The number of pyridine rings is 1. The number of benzene rings is 1. The summed E-state index contributed by atoms with van der Waals surface area (Å²) in [4.78, 5) is 25.7. The van der Waals surface area contributed by atoms with Crippen LogP contribution < -0.4 is 10.9 Å². The molecule has 1 aliphatic heterocycles. The van der Waals surface area contributed by atoms with Crippen molar-refractivity contribution in [1.82, 2.24) is 14.8 Å². The number of amides is 2. The number of hydrogen-bond acceptors (Lipinski definition) is 2. The number of nitrogens with one attached hydrogen (secondary N) is 1. The average molecular weight is 361 g/mol. The lowest BCUT2D eigenvalue weighted by Gasteiger charge is -2.33. The minimum Gasteiger partial charge on any atom is -0.336 e. The van der Waals surface area contributed by atoms with Gasteiger partial charge >= 0.3 is 6.03 Å². The maximum Gasteiger partial charge on any atom is 0.317 e. The van der Waals surface area contributed by atoms with E-state index < -0.39 is 11.6 Å². The fourth-order valence-corrected chi connectivity index (χ4v) is 3.24. The first kappa shape index (κ1) is 18.1. The van der Waals surface area contributed by atoms with Crippen molar-refractivity contribution in [2.45, 2.75) is 25.3 Å². The lowest BCUT2D eigenvalue weighted by molar-refractivity contribution is 0.179. The maximum atomic E-state index is 13.5. The van der Waals surface area contributed by atoms with Gasteiger partial charge in [0.2, 0.25) is 0 Å². The van der Waals surface area contributed by atoms with Gasteiger partial charge in [-0.2, -0.15) is 0 Å². The van der Waals surface area contributed by atoms with Crippen molar-refractivity contribution in [2.24, 2.45) is 0 Å². The molecule has 5 nitrogen and oxygen atoms in total. The smallest absolute Gasteiger partial charge is 0.317 e. The van der Waals surface area contributed by atoms with Crippen molar-refractivity contribution >= 4 is 6.03 Å². The molecule has 0 aliphatic carbocycles. The molecule has 0 radical (unpaired) electrons. The number of carbonyl (C=O) groups is 1. The van der Waals surface area contributed by atoms with Crippen LogP contribution in [0.1, 0.15) is 24.3 Å². The number of urea groups is 1. The van der Waals surface area contributed by atoms with E-state index in [1.165, 1.54) is 16.7 Å². The van der Waals surface area contributed by atoms with Gasteiger partial charge in [0, 0.05) is 44.4 Å². The Morgan fingerprint density at radius 2 is 2.04 bits per heavy atom. The lowest BCUT2D eigenvalue weighted by atomic mass is 9.90. The van der Waals surface area contributed by atoms with Crippen molar-refractivity contribution in [2.75, 3.05) is 19.6 Å². The molecule has 1 atom stereocenters. The number of likely N-dealkylation sites (tertiary alicyclic amines) is 1. The number of hydrogen-bond donors (Lipinski definition) is 1. The van der Waals surface area contributed by atoms with E-state index in [4.69, 9.17) is 0 Å². The van der Waals surface area contributed by atoms with Crippen LogP contribution in [0.5, 0.6) is 0 Å². The second-order valence-corrected chi connectivity index (χ2v) is 6.42. The molecule has 1 N–H and O–H groups in total. The predicted octanol–water partition coefficient (Wildman–Crippen LogP) is 2.72. The van der Waals surface area contributed by atoms with E-state index in [1.54, 1.807) is 29.3 Å². The lowest BCUT2D eigenvalue weighted by Crippen LogP contribution is -2.46. The molecule has 138 valence electrons. The molecule has 1 fully saturated rings. The van der Waals surface area contributed by atoms with Gasteiger partial charge in [-0.05, 0) is 36.6 Å². The summed E-state index contributed by atoms with van der Waals surface area (Å²) in [5.41, 5.74) is 0.593. The molecular weight excluding hydrogens is 340 g/mol. The molecular formula is C19H21F2N3O2. The fraction of sp³-hybridized carbons (Fsp3) is 0.368. The van der Waals surface area contributed by atoms with Gasteiger partial charge in [-0.15, -0.1) is 0 Å². The largest absolute Gasteiger partial charge is 0.336 e. The maximum absolute atomic E-state index is 13.5. The van der Waals surface area contributed by atoms with Crippen molar-refractivity contribution in [3.05, 3.63) is 70.1 Å². The molecule has 26 heavy (non-hydrogen) atoms. The molecule has 2 amide bonds. The molecule has 0 saturated carbocycles. The van der Waals surface area contributed by atoms with Gasteiger partial charge in [0.15, 0.2) is 11.6 Å². The molecule has 1 aromatic heterocycles. The highest BCUT2D eigenvalue weighted by atomic mass is 19.2. The minimum atomic E-state index is -0.865. The zero-order valence-corrected chi connectivity index (χ0v) is 14.3. The summed E-state index contributed by atoms with van der Waals surface area (Å²) in [5.74, 6) is -1.74. The Balaban J connectivity index is 1.55.